The SMILES string of the molecule is O=C(NC(c1ccc(Cl)cc1)c1cccnc1)C1C2CCCCC21. The van der Waals surface area contributed by atoms with Gasteiger partial charge < -0.3 is 5.32 Å². The van der Waals surface area contributed by atoms with Crippen molar-refractivity contribution in [2.24, 2.45) is 17.8 Å². The lowest BCUT2D eigenvalue weighted by atomic mass is 10.00. The first-order valence-electron chi connectivity index (χ1n) is 8.70. The number of benzene rings is 1. The predicted octanol–water partition coefficient (Wildman–Crippen LogP) is 4.38. The minimum atomic E-state index is -0.175. The molecular formula is C20H21ClN2O. The number of halogens is 1. The van der Waals surface area contributed by atoms with E-state index >= 15 is 0 Å². The maximum atomic E-state index is 12.8. The summed E-state index contributed by atoms with van der Waals surface area (Å²) in [6, 6.07) is 11.4. The van der Waals surface area contributed by atoms with Crippen molar-refractivity contribution < 1.29 is 4.79 Å². The highest BCUT2D eigenvalue weighted by atomic mass is 35.5. The largest absolute Gasteiger partial charge is 0.345 e. The number of fused-ring (bicyclic) bond motifs is 1. The van der Waals surface area contributed by atoms with Gasteiger partial charge in [-0.1, -0.05) is 42.6 Å². The third-order valence-corrected chi connectivity index (χ3v) is 5.72. The molecule has 2 saturated carbocycles. The number of pyridine rings is 1. The number of hydrogen-bond donors (Lipinski definition) is 1. The highest BCUT2D eigenvalue weighted by molar-refractivity contribution is 6.30. The molecule has 1 heterocycles. The molecule has 2 aromatic rings. The van der Waals surface area contributed by atoms with Crippen LogP contribution in [-0.2, 0) is 4.79 Å². The minimum absolute atomic E-state index is 0.175. The minimum Gasteiger partial charge on any atom is -0.345 e. The van der Waals surface area contributed by atoms with E-state index in [2.05, 4.69) is 10.3 Å². The number of aromatic nitrogens is 1. The first-order chi connectivity index (χ1) is 11.7. The average Bonchev–Trinajstić information content (AvgIpc) is 3.36. The van der Waals surface area contributed by atoms with Crippen molar-refractivity contribution in [2.75, 3.05) is 0 Å². The van der Waals surface area contributed by atoms with Gasteiger partial charge in [0.25, 0.3) is 0 Å². The summed E-state index contributed by atoms with van der Waals surface area (Å²) in [5.74, 6) is 1.62. The zero-order valence-corrected chi connectivity index (χ0v) is 14.2. The Bertz CT molecular complexity index is 704. The van der Waals surface area contributed by atoms with Gasteiger partial charge in [0.05, 0.1) is 6.04 Å². The summed E-state index contributed by atoms with van der Waals surface area (Å²) in [4.78, 5) is 17.0. The summed E-state index contributed by atoms with van der Waals surface area (Å²) in [5.41, 5.74) is 2.03. The number of amides is 1. The standard InChI is InChI=1S/C20H21ClN2O/c21-15-9-7-13(8-10-15)19(14-4-3-11-22-12-14)23-20(24)18-16-5-1-2-6-17(16)18/h3-4,7-12,16-19H,1-2,5-6H2,(H,23,24). The third-order valence-electron chi connectivity index (χ3n) is 5.47. The second-order valence-electron chi connectivity index (χ2n) is 6.92. The van der Waals surface area contributed by atoms with E-state index in [1.165, 1.54) is 25.7 Å². The third kappa shape index (κ3) is 3.05. The molecule has 4 heteroatoms. The van der Waals surface area contributed by atoms with Crippen molar-refractivity contribution in [1.82, 2.24) is 10.3 Å². The van der Waals surface area contributed by atoms with E-state index in [1.807, 2.05) is 42.6 Å². The smallest absolute Gasteiger partial charge is 0.224 e. The molecule has 0 spiro atoms. The van der Waals surface area contributed by atoms with Gasteiger partial charge in [-0.25, -0.2) is 0 Å². The zero-order chi connectivity index (χ0) is 16.5. The number of carbonyl (C=O) groups excluding carboxylic acids is 1. The number of nitrogens with zero attached hydrogens (tertiary/aromatic N) is 1. The van der Waals surface area contributed by atoms with Crippen LogP contribution in [0.15, 0.2) is 48.8 Å². The van der Waals surface area contributed by atoms with Crippen LogP contribution in [0, 0.1) is 17.8 Å². The summed E-state index contributed by atoms with van der Waals surface area (Å²) in [6.45, 7) is 0. The Morgan fingerprint density at radius 2 is 1.79 bits per heavy atom. The fraction of sp³-hybridized carbons (Fsp3) is 0.400. The molecule has 0 radical (unpaired) electrons. The van der Waals surface area contributed by atoms with Crippen LogP contribution < -0.4 is 5.32 Å². The Morgan fingerprint density at radius 1 is 1.08 bits per heavy atom. The van der Waals surface area contributed by atoms with Gasteiger partial charge in [-0.15, -0.1) is 0 Å². The van der Waals surface area contributed by atoms with E-state index in [1.54, 1.807) is 6.20 Å². The van der Waals surface area contributed by atoms with Crippen molar-refractivity contribution in [1.29, 1.82) is 0 Å². The summed E-state index contributed by atoms with van der Waals surface area (Å²) >= 11 is 6.01. The molecule has 2 aliphatic carbocycles. The van der Waals surface area contributed by atoms with E-state index in [9.17, 15) is 4.79 Å². The second-order valence-corrected chi connectivity index (χ2v) is 7.35. The number of carbonyl (C=O) groups is 1. The van der Waals surface area contributed by atoms with Crippen LogP contribution in [0.1, 0.15) is 42.9 Å². The molecule has 3 unspecified atom stereocenters. The molecule has 0 saturated heterocycles. The van der Waals surface area contributed by atoms with Crippen LogP contribution in [0.5, 0.6) is 0 Å². The van der Waals surface area contributed by atoms with Crippen molar-refractivity contribution in [2.45, 2.75) is 31.7 Å². The number of rotatable bonds is 4. The molecule has 1 aromatic heterocycles. The lowest BCUT2D eigenvalue weighted by molar-refractivity contribution is -0.123. The monoisotopic (exact) mass is 340 g/mol. The van der Waals surface area contributed by atoms with E-state index in [0.717, 1.165) is 11.1 Å². The number of hydrogen-bond acceptors (Lipinski definition) is 2. The van der Waals surface area contributed by atoms with Gasteiger partial charge >= 0.3 is 0 Å². The lowest BCUT2D eigenvalue weighted by Gasteiger charge is -2.20. The fourth-order valence-corrected chi connectivity index (χ4v) is 4.31. The molecule has 1 N–H and O–H groups in total. The van der Waals surface area contributed by atoms with E-state index in [4.69, 9.17) is 11.6 Å². The van der Waals surface area contributed by atoms with Gasteiger partial charge in [-0.05, 0) is 54.0 Å². The highest BCUT2D eigenvalue weighted by Gasteiger charge is 2.54. The van der Waals surface area contributed by atoms with Crippen LogP contribution in [0.25, 0.3) is 0 Å². The van der Waals surface area contributed by atoms with Crippen LogP contribution in [0.4, 0.5) is 0 Å². The molecule has 0 bridgehead atoms. The predicted molar refractivity (Wildman–Crippen MR) is 94.6 cm³/mol. The Balaban J connectivity index is 1.56. The molecule has 24 heavy (non-hydrogen) atoms. The normalized spacial score (nSPS) is 26.3. The first kappa shape index (κ1) is 15.6. The lowest BCUT2D eigenvalue weighted by Crippen LogP contribution is -2.31. The van der Waals surface area contributed by atoms with E-state index < -0.39 is 0 Å². The van der Waals surface area contributed by atoms with Crippen molar-refractivity contribution >= 4 is 17.5 Å². The zero-order valence-electron chi connectivity index (χ0n) is 13.5. The van der Waals surface area contributed by atoms with Crippen LogP contribution in [-0.4, -0.2) is 10.9 Å². The molecule has 2 fully saturated rings. The molecule has 3 nitrogen and oxygen atoms in total. The molecular weight excluding hydrogens is 320 g/mol. The van der Waals surface area contributed by atoms with Crippen LogP contribution in [0.3, 0.4) is 0 Å². The average molecular weight is 341 g/mol. The topological polar surface area (TPSA) is 42.0 Å². The molecule has 3 atom stereocenters. The Morgan fingerprint density at radius 3 is 2.42 bits per heavy atom. The van der Waals surface area contributed by atoms with Gasteiger partial charge in [-0.2, -0.15) is 0 Å². The molecule has 2 aliphatic rings. The molecule has 0 aliphatic heterocycles. The van der Waals surface area contributed by atoms with E-state index in [-0.39, 0.29) is 17.9 Å². The second kappa shape index (κ2) is 6.56. The van der Waals surface area contributed by atoms with Crippen LogP contribution in [0.2, 0.25) is 5.02 Å². The summed E-state index contributed by atoms with van der Waals surface area (Å²) in [5, 5.41) is 3.96. The molecule has 124 valence electrons. The van der Waals surface area contributed by atoms with Crippen LogP contribution >= 0.6 is 11.6 Å². The summed E-state index contributed by atoms with van der Waals surface area (Å²) in [6.07, 6.45) is 8.53. The first-order valence-corrected chi connectivity index (χ1v) is 9.07. The molecule has 4 rings (SSSR count). The molecule has 1 amide bonds. The maximum Gasteiger partial charge on any atom is 0.224 e. The number of nitrogens with one attached hydrogen (secondary N) is 1. The Labute approximate surface area is 147 Å². The fourth-order valence-electron chi connectivity index (χ4n) is 4.18. The summed E-state index contributed by atoms with van der Waals surface area (Å²) in [7, 11) is 0. The Hall–Kier alpha value is -1.87. The highest BCUT2D eigenvalue weighted by Crippen LogP contribution is 2.55. The van der Waals surface area contributed by atoms with Gasteiger partial charge in [0.1, 0.15) is 0 Å². The molecule has 1 aromatic carbocycles. The maximum absolute atomic E-state index is 12.8. The van der Waals surface area contributed by atoms with Crippen molar-refractivity contribution in [3.8, 4) is 0 Å². The Kier molecular flexibility index (Phi) is 4.28. The van der Waals surface area contributed by atoms with Gasteiger partial charge in [0, 0.05) is 23.3 Å². The van der Waals surface area contributed by atoms with Gasteiger partial charge in [-0.3, -0.25) is 9.78 Å². The van der Waals surface area contributed by atoms with Gasteiger partial charge in [0.15, 0.2) is 0 Å². The van der Waals surface area contributed by atoms with Crippen molar-refractivity contribution in [3.63, 3.8) is 0 Å². The quantitative estimate of drug-likeness (QED) is 0.897. The summed E-state index contributed by atoms with van der Waals surface area (Å²) < 4.78 is 0. The van der Waals surface area contributed by atoms with E-state index in [0.29, 0.717) is 16.9 Å². The van der Waals surface area contributed by atoms with Crippen molar-refractivity contribution in [3.05, 3.63) is 64.9 Å². The van der Waals surface area contributed by atoms with Gasteiger partial charge in [0.2, 0.25) is 5.91 Å².